The third-order valence-corrected chi connectivity index (χ3v) is 11.9. The SMILES string of the molecule is C[C@]12CC[C@H](OC(=O)NCCN3CC[C@@H](O)C3)C[C@H]1CC[C@@H]1[C@@H]2CC[C@]2(C)[C@@H](c3ccc(=O)oc3)[CH]C[C@]12O. The average Bonchev–Trinajstić information content (AvgIpc) is 3.44. The fraction of sp³-hybridized carbons (Fsp3) is 0.774. The Kier molecular flexibility index (Phi) is 7.12. The topological polar surface area (TPSA) is 112 Å². The van der Waals surface area contributed by atoms with Crippen LogP contribution in [-0.4, -0.2) is 65.2 Å². The quantitative estimate of drug-likeness (QED) is 0.519. The van der Waals surface area contributed by atoms with Crippen molar-refractivity contribution in [3.05, 3.63) is 40.8 Å². The first-order valence-corrected chi connectivity index (χ1v) is 15.1. The normalized spacial score (nSPS) is 43.8. The van der Waals surface area contributed by atoms with E-state index in [1.54, 1.807) is 6.26 Å². The summed E-state index contributed by atoms with van der Waals surface area (Å²) >= 11 is 0. The summed E-state index contributed by atoms with van der Waals surface area (Å²) < 4.78 is 11.1. The van der Waals surface area contributed by atoms with E-state index in [0.29, 0.717) is 31.3 Å². The molecule has 5 aliphatic rings. The number of nitrogens with zero attached hydrogens (tertiary/aromatic N) is 1. The Bertz CT molecular complexity index is 1100. The highest BCUT2D eigenvalue weighted by Gasteiger charge is 2.67. The van der Waals surface area contributed by atoms with Crippen molar-refractivity contribution in [2.75, 3.05) is 26.2 Å². The van der Waals surface area contributed by atoms with Gasteiger partial charge in [0.2, 0.25) is 0 Å². The van der Waals surface area contributed by atoms with Gasteiger partial charge in [0.25, 0.3) is 0 Å². The molecule has 2 heterocycles. The smallest absolute Gasteiger partial charge is 0.407 e. The molecule has 215 valence electrons. The number of nitrogens with one attached hydrogen (secondary N) is 1. The van der Waals surface area contributed by atoms with Gasteiger partial charge in [0.05, 0.1) is 18.0 Å². The zero-order valence-corrected chi connectivity index (χ0v) is 23.4. The molecule has 4 aliphatic carbocycles. The first-order valence-electron chi connectivity index (χ1n) is 15.1. The summed E-state index contributed by atoms with van der Waals surface area (Å²) in [5.74, 6) is 1.28. The number of β-amino-alcohol motifs (C(OH)–C–C–N with tert-alkyl or cyclic N) is 1. The van der Waals surface area contributed by atoms with Gasteiger partial charge in [-0.3, -0.25) is 4.90 Å². The molecule has 6 rings (SSSR count). The van der Waals surface area contributed by atoms with E-state index in [1.807, 2.05) is 6.07 Å². The van der Waals surface area contributed by atoms with Crippen molar-refractivity contribution in [2.24, 2.45) is 28.6 Å². The Labute approximate surface area is 231 Å². The van der Waals surface area contributed by atoms with E-state index in [1.165, 1.54) is 6.07 Å². The third-order valence-electron chi connectivity index (χ3n) is 11.9. The minimum Gasteiger partial charge on any atom is -0.446 e. The Balaban J connectivity index is 1.07. The number of carbonyl (C=O) groups is 1. The highest BCUT2D eigenvalue weighted by molar-refractivity contribution is 5.67. The van der Waals surface area contributed by atoms with Crippen LogP contribution in [0.4, 0.5) is 4.79 Å². The number of carbonyl (C=O) groups excluding carboxylic acids is 1. The molecule has 5 fully saturated rings. The second-order valence-electron chi connectivity index (χ2n) is 13.7. The minimum absolute atomic E-state index is 0.0536. The van der Waals surface area contributed by atoms with Gasteiger partial charge in [-0.15, -0.1) is 0 Å². The highest BCUT2D eigenvalue weighted by Crippen LogP contribution is 2.70. The van der Waals surface area contributed by atoms with Crippen molar-refractivity contribution < 1.29 is 24.2 Å². The molecule has 9 atom stereocenters. The van der Waals surface area contributed by atoms with Crippen molar-refractivity contribution in [1.29, 1.82) is 0 Å². The van der Waals surface area contributed by atoms with Gasteiger partial charge in [0, 0.05) is 37.7 Å². The molecule has 1 amide bonds. The van der Waals surface area contributed by atoms with E-state index < -0.39 is 5.60 Å². The molecule has 0 aromatic carbocycles. The highest BCUT2D eigenvalue weighted by atomic mass is 16.6. The van der Waals surface area contributed by atoms with Crippen molar-refractivity contribution in [3.63, 3.8) is 0 Å². The summed E-state index contributed by atoms with van der Waals surface area (Å²) in [5, 5.41) is 25.0. The molecular formula is C31H45N2O6. The molecule has 1 aliphatic heterocycles. The second-order valence-corrected chi connectivity index (χ2v) is 13.7. The van der Waals surface area contributed by atoms with Crippen molar-refractivity contribution in [2.45, 2.75) is 95.4 Å². The fourth-order valence-corrected chi connectivity index (χ4v) is 9.60. The summed E-state index contributed by atoms with van der Waals surface area (Å²) in [7, 11) is 0. The van der Waals surface area contributed by atoms with Crippen LogP contribution in [0.1, 0.15) is 83.1 Å². The van der Waals surface area contributed by atoms with Crippen molar-refractivity contribution in [1.82, 2.24) is 10.2 Å². The fourth-order valence-electron chi connectivity index (χ4n) is 9.60. The summed E-state index contributed by atoms with van der Waals surface area (Å²) in [6.45, 7) is 7.50. The molecular weight excluding hydrogens is 496 g/mol. The second kappa shape index (κ2) is 10.2. The summed E-state index contributed by atoms with van der Waals surface area (Å²) in [6.07, 6.45) is 11.6. The molecule has 39 heavy (non-hydrogen) atoms. The number of likely N-dealkylation sites (tertiary alicyclic amines) is 1. The third kappa shape index (κ3) is 4.64. The van der Waals surface area contributed by atoms with E-state index in [-0.39, 0.29) is 46.6 Å². The number of fused-ring (bicyclic) bond motifs is 5. The number of alkyl carbamates (subject to hydrolysis) is 1. The Hall–Kier alpha value is -1.90. The van der Waals surface area contributed by atoms with Gasteiger partial charge in [-0.1, -0.05) is 13.8 Å². The standard InChI is InChI=1S/C31H45N2O6/c1-29-11-7-23(39-28(36)32-14-16-33-15-10-22(34)18-33)17-21(29)4-5-26-25(29)8-12-30(2)24(9-13-31(26,30)37)20-3-6-27(35)38-19-20/h3,6,9,19,21-26,34,37H,4-5,7-8,10-18H2,1-2H3,(H,32,36)/t21-,22-,23+,24-,25+,26-,29+,30-,31+/m1/s1. The number of hydrogen-bond acceptors (Lipinski definition) is 7. The van der Waals surface area contributed by atoms with Crippen LogP contribution in [0.2, 0.25) is 0 Å². The lowest BCUT2D eigenvalue weighted by molar-refractivity contribution is -0.205. The molecule has 0 bridgehead atoms. The van der Waals surface area contributed by atoms with Crippen LogP contribution in [-0.2, 0) is 4.74 Å². The van der Waals surface area contributed by atoms with Crippen molar-refractivity contribution in [3.8, 4) is 0 Å². The summed E-state index contributed by atoms with van der Waals surface area (Å²) in [5.41, 5.74) is -0.246. The number of rotatable bonds is 5. The van der Waals surface area contributed by atoms with Gasteiger partial charge in [-0.05, 0) is 105 Å². The monoisotopic (exact) mass is 541 g/mol. The van der Waals surface area contributed by atoms with Gasteiger partial charge in [0.1, 0.15) is 6.10 Å². The lowest BCUT2D eigenvalue weighted by Crippen LogP contribution is -2.62. The number of aliphatic hydroxyl groups is 2. The summed E-state index contributed by atoms with van der Waals surface area (Å²) in [6, 6.07) is 3.35. The van der Waals surface area contributed by atoms with Crippen LogP contribution in [0.5, 0.6) is 0 Å². The number of hydrogen-bond donors (Lipinski definition) is 3. The lowest BCUT2D eigenvalue weighted by atomic mass is 9.43. The van der Waals surface area contributed by atoms with Crippen LogP contribution >= 0.6 is 0 Å². The molecule has 1 radical (unpaired) electrons. The van der Waals surface area contributed by atoms with Crippen molar-refractivity contribution >= 4 is 6.09 Å². The maximum Gasteiger partial charge on any atom is 0.407 e. The predicted octanol–water partition coefficient (Wildman–Crippen LogP) is 3.86. The molecule has 4 saturated carbocycles. The first-order chi connectivity index (χ1) is 18.6. The molecule has 0 spiro atoms. The molecule has 8 nitrogen and oxygen atoms in total. The molecule has 1 aromatic heterocycles. The van der Waals surface area contributed by atoms with E-state index in [0.717, 1.165) is 70.0 Å². The zero-order valence-electron chi connectivity index (χ0n) is 23.4. The molecule has 1 saturated heterocycles. The van der Waals surface area contributed by atoms with Gasteiger partial charge in [-0.2, -0.15) is 0 Å². The van der Waals surface area contributed by atoms with E-state index in [4.69, 9.17) is 9.15 Å². The first kappa shape index (κ1) is 27.3. The molecule has 0 unspecified atom stereocenters. The van der Waals surface area contributed by atoms with Gasteiger partial charge in [0.15, 0.2) is 0 Å². The maximum atomic E-state index is 12.5. The number of ether oxygens (including phenoxy) is 1. The number of aliphatic hydroxyl groups excluding tert-OH is 1. The summed E-state index contributed by atoms with van der Waals surface area (Å²) in [4.78, 5) is 26.2. The maximum absolute atomic E-state index is 12.5. The minimum atomic E-state index is -0.761. The van der Waals surface area contributed by atoms with Gasteiger partial charge in [-0.25, -0.2) is 9.59 Å². The van der Waals surface area contributed by atoms with E-state index in [9.17, 15) is 19.8 Å². The predicted molar refractivity (Wildman–Crippen MR) is 146 cm³/mol. The molecule has 1 aromatic rings. The number of amides is 1. The average molecular weight is 542 g/mol. The van der Waals surface area contributed by atoms with Crippen LogP contribution in [0.15, 0.2) is 27.6 Å². The van der Waals surface area contributed by atoms with Crippen LogP contribution < -0.4 is 10.9 Å². The van der Waals surface area contributed by atoms with E-state index >= 15 is 0 Å². The molecule has 8 heteroatoms. The Morgan fingerprint density at radius 1 is 1.15 bits per heavy atom. The van der Waals surface area contributed by atoms with Gasteiger partial charge >= 0.3 is 11.7 Å². The van der Waals surface area contributed by atoms with E-state index in [2.05, 4.69) is 30.5 Å². The Morgan fingerprint density at radius 3 is 2.74 bits per heavy atom. The molecule has 3 N–H and O–H groups in total. The van der Waals surface area contributed by atoms with Crippen LogP contribution in [0.25, 0.3) is 0 Å². The Morgan fingerprint density at radius 2 is 2.00 bits per heavy atom. The van der Waals surface area contributed by atoms with Gasteiger partial charge < -0.3 is 24.7 Å². The zero-order chi connectivity index (χ0) is 27.4. The lowest BCUT2D eigenvalue weighted by Gasteiger charge is -2.63. The largest absolute Gasteiger partial charge is 0.446 e. The van der Waals surface area contributed by atoms with Crippen LogP contribution in [0, 0.1) is 35.0 Å². The van der Waals surface area contributed by atoms with Crippen LogP contribution in [0.3, 0.4) is 0 Å².